The molecule has 1 aliphatic rings. The number of benzene rings is 1. The van der Waals surface area contributed by atoms with Crippen LogP contribution in [0.3, 0.4) is 0 Å². The molecule has 3 heterocycles. The summed E-state index contributed by atoms with van der Waals surface area (Å²) < 4.78 is 0. The van der Waals surface area contributed by atoms with Gasteiger partial charge in [0.2, 0.25) is 5.28 Å². The molecule has 1 atom stereocenters. The molecule has 1 unspecified atom stereocenters. The monoisotopic (exact) mass is 415 g/mol. The van der Waals surface area contributed by atoms with E-state index < -0.39 is 0 Å². The summed E-state index contributed by atoms with van der Waals surface area (Å²) >= 11 is 8.07. The van der Waals surface area contributed by atoms with Crippen molar-refractivity contribution in [2.24, 2.45) is 0 Å². The quantitative estimate of drug-likeness (QED) is 0.549. The number of aryl methyl sites for hydroxylation is 2. The van der Waals surface area contributed by atoms with Crippen LogP contribution in [0.25, 0.3) is 21.3 Å². The Morgan fingerprint density at radius 2 is 2.00 bits per heavy atom. The Morgan fingerprint density at radius 1 is 1.21 bits per heavy atom. The predicted octanol–water partition coefficient (Wildman–Crippen LogP) is 5.62. The van der Waals surface area contributed by atoms with Crippen molar-refractivity contribution in [2.75, 3.05) is 18.1 Å². The maximum atomic E-state index is 9.57. The smallest absolute Gasteiger partial charge is 0.225 e. The second-order valence-corrected chi connectivity index (χ2v) is 8.89. The molecule has 148 valence electrons. The number of aliphatic hydroxyl groups is 1. The summed E-state index contributed by atoms with van der Waals surface area (Å²) in [5.41, 5.74) is 3.69. The van der Waals surface area contributed by atoms with Crippen LogP contribution in [0.4, 0.5) is 5.82 Å². The normalized spacial score (nSPS) is 17.4. The molecule has 2 aromatic heterocycles. The number of rotatable bonds is 5. The highest BCUT2D eigenvalue weighted by Crippen LogP contribution is 2.44. The van der Waals surface area contributed by atoms with Crippen LogP contribution in [-0.4, -0.2) is 34.3 Å². The Morgan fingerprint density at radius 3 is 2.71 bits per heavy atom. The first kappa shape index (κ1) is 19.6. The third kappa shape index (κ3) is 3.63. The second kappa shape index (κ2) is 8.36. The molecule has 0 aliphatic carbocycles. The van der Waals surface area contributed by atoms with Gasteiger partial charge < -0.3 is 10.0 Å². The molecule has 0 saturated carbocycles. The van der Waals surface area contributed by atoms with Crippen LogP contribution < -0.4 is 4.90 Å². The third-order valence-electron chi connectivity index (χ3n) is 5.60. The zero-order valence-electron chi connectivity index (χ0n) is 16.4. The number of anilines is 1. The Hall–Kier alpha value is -1.69. The zero-order chi connectivity index (χ0) is 19.7. The maximum absolute atomic E-state index is 9.57. The first-order valence-electron chi connectivity index (χ1n) is 10.1. The second-order valence-electron chi connectivity index (χ2n) is 7.47. The van der Waals surface area contributed by atoms with Gasteiger partial charge in [-0.15, -0.1) is 11.3 Å². The Balaban J connectivity index is 1.95. The van der Waals surface area contributed by atoms with Crippen molar-refractivity contribution in [1.82, 2.24) is 9.97 Å². The fourth-order valence-corrected chi connectivity index (χ4v) is 5.56. The summed E-state index contributed by atoms with van der Waals surface area (Å²) in [5, 5.41) is 11.0. The molecule has 3 aromatic rings. The van der Waals surface area contributed by atoms with Crippen molar-refractivity contribution in [1.29, 1.82) is 0 Å². The van der Waals surface area contributed by atoms with Crippen LogP contribution in [0.5, 0.6) is 0 Å². The summed E-state index contributed by atoms with van der Waals surface area (Å²) in [6, 6.07) is 8.99. The minimum absolute atomic E-state index is 0.192. The first-order chi connectivity index (χ1) is 13.6. The maximum Gasteiger partial charge on any atom is 0.225 e. The molecule has 6 heteroatoms. The van der Waals surface area contributed by atoms with E-state index >= 15 is 0 Å². The van der Waals surface area contributed by atoms with E-state index in [9.17, 15) is 5.11 Å². The van der Waals surface area contributed by atoms with Crippen LogP contribution in [0.15, 0.2) is 24.3 Å². The standard InChI is InChI=1S/C22H26ClN3OS/c1-3-17-18(15-9-7-14(2)8-10-15)19-20(24-22(23)25-21(19)28-17)26-12-5-4-6-16(26)11-13-27/h7-10,16,27H,3-6,11-13H2,1-2H3. The minimum Gasteiger partial charge on any atom is -0.396 e. The number of hydrogen-bond donors (Lipinski definition) is 1. The highest BCUT2D eigenvalue weighted by Gasteiger charge is 2.28. The van der Waals surface area contributed by atoms with Crippen LogP contribution >= 0.6 is 22.9 Å². The van der Waals surface area contributed by atoms with Gasteiger partial charge in [0.25, 0.3) is 0 Å². The number of nitrogens with zero attached hydrogens (tertiary/aromatic N) is 3. The Labute approximate surface area is 175 Å². The summed E-state index contributed by atoms with van der Waals surface area (Å²) in [5.74, 6) is 0.930. The van der Waals surface area contributed by atoms with E-state index in [2.05, 4.69) is 48.0 Å². The van der Waals surface area contributed by atoms with Gasteiger partial charge in [0.15, 0.2) is 0 Å². The lowest BCUT2D eigenvalue weighted by molar-refractivity contribution is 0.262. The Bertz CT molecular complexity index is 968. The number of fused-ring (bicyclic) bond motifs is 1. The van der Waals surface area contributed by atoms with Gasteiger partial charge in [-0.3, -0.25) is 0 Å². The van der Waals surface area contributed by atoms with Crippen molar-refractivity contribution in [2.45, 2.75) is 52.0 Å². The average Bonchev–Trinajstić information content (AvgIpc) is 3.07. The number of aromatic nitrogens is 2. The predicted molar refractivity (Wildman–Crippen MR) is 119 cm³/mol. The minimum atomic E-state index is 0.192. The molecule has 1 aliphatic heterocycles. The number of piperidine rings is 1. The lowest BCUT2D eigenvalue weighted by Gasteiger charge is -2.37. The molecule has 1 fully saturated rings. The summed E-state index contributed by atoms with van der Waals surface area (Å²) in [6.07, 6.45) is 5.11. The van der Waals surface area contributed by atoms with Gasteiger partial charge in [-0.2, -0.15) is 4.98 Å². The van der Waals surface area contributed by atoms with Crippen molar-refractivity contribution in [3.8, 4) is 11.1 Å². The lowest BCUT2D eigenvalue weighted by Crippen LogP contribution is -2.40. The number of aliphatic hydroxyl groups excluding tert-OH is 1. The molecular weight excluding hydrogens is 390 g/mol. The van der Waals surface area contributed by atoms with Crippen molar-refractivity contribution < 1.29 is 5.11 Å². The molecule has 1 aromatic carbocycles. The van der Waals surface area contributed by atoms with E-state index in [4.69, 9.17) is 16.6 Å². The molecule has 0 spiro atoms. The van der Waals surface area contributed by atoms with Gasteiger partial charge in [-0.25, -0.2) is 4.98 Å². The van der Waals surface area contributed by atoms with E-state index in [-0.39, 0.29) is 6.61 Å². The van der Waals surface area contributed by atoms with Gasteiger partial charge in [0.05, 0.1) is 5.39 Å². The van der Waals surface area contributed by atoms with Crippen molar-refractivity contribution in [3.05, 3.63) is 40.0 Å². The van der Waals surface area contributed by atoms with Gasteiger partial charge in [0.1, 0.15) is 10.6 Å². The van der Waals surface area contributed by atoms with E-state index in [1.165, 1.54) is 28.0 Å². The van der Waals surface area contributed by atoms with Crippen LogP contribution in [-0.2, 0) is 6.42 Å². The topological polar surface area (TPSA) is 49.2 Å². The number of thiophene rings is 1. The molecular formula is C22H26ClN3OS. The Kier molecular flexibility index (Phi) is 5.85. The average molecular weight is 416 g/mol. The molecule has 0 bridgehead atoms. The summed E-state index contributed by atoms with van der Waals surface area (Å²) in [6.45, 7) is 5.43. The highest BCUT2D eigenvalue weighted by molar-refractivity contribution is 7.19. The van der Waals surface area contributed by atoms with Gasteiger partial charge in [-0.05, 0) is 56.2 Å². The zero-order valence-corrected chi connectivity index (χ0v) is 18.0. The van der Waals surface area contributed by atoms with E-state index in [1.807, 2.05) is 0 Å². The van der Waals surface area contributed by atoms with Crippen molar-refractivity contribution in [3.63, 3.8) is 0 Å². The van der Waals surface area contributed by atoms with E-state index in [0.717, 1.165) is 48.3 Å². The van der Waals surface area contributed by atoms with Crippen LogP contribution in [0.2, 0.25) is 5.28 Å². The third-order valence-corrected chi connectivity index (χ3v) is 7.00. The lowest BCUT2D eigenvalue weighted by atomic mass is 9.97. The number of halogens is 1. The van der Waals surface area contributed by atoms with Crippen LogP contribution in [0.1, 0.15) is 43.0 Å². The highest BCUT2D eigenvalue weighted by atomic mass is 35.5. The fraction of sp³-hybridized carbons (Fsp3) is 0.455. The molecule has 1 saturated heterocycles. The molecule has 4 nitrogen and oxygen atoms in total. The first-order valence-corrected chi connectivity index (χ1v) is 11.2. The van der Waals surface area contributed by atoms with Gasteiger partial charge in [-0.1, -0.05) is 36.8 Å². The van der Waals surface area contributed by atoms with E-state index in [0.29, 0.717) is 11.3 Å². The van der Waals surface area contributed by atoms with Crippen LogP contribution in [0, 0.1) is 6.92 Å². The molecule has 4 rings (SSSR count). The number of hydrogen-bond acceptors (Lipinski definition) is 5. The fourth-order valence-electron chi connectivity index (χ4n) is 4.21. The SMILES string of the molecule is CCc1sc2nc(Cl)nc(N3CCCCC3CCO)c2c1-c1ccc(C)cc1. The van der Waals surface area contributed by atoms with Gasteiger partial charge >= 0.3 is 0 Å². The van der Waals surface area contributed by atoms with E-state index in [1.54, 1.807) is 11.3 Å². The molecule has 1 N–H and O–H groups in total. The van der Waals surface area contributed by atoms with Crippen molar-refractivity contribution >= 4 is 39.0 Å². The molecule has 28 heavy (non-hydrogen) atoms. The largest absolute Gasteiger partial charge is 0.396 e. The summed E-state index contributed by atoms with van der Waals surface area (Å²) in [4.78, 5) is 13.9. The van der Waals surface area contributed by atoms with Gasteiger partial charge in [0, 0.05) is 29.6 Å². The molecule has 0 radical (unpaired) electrons. The molecule has 0 amide bonds. The summed E-state index contributed by atoms with van der Waals surface area (Å²) in [7, 11) is 0.